The minimum absolute atomic E-state index is 0.339. The number of hydrogen-bond donors (Lipinski definition) is 1. The maximum atomic E-state index is 12.2. The Labute approximate surface area is 120 Å². The van der Waals surface area contributed by atoms with E-state index in [0.29, 0.717) is 11.4 Å². The topological polar surface area (TPSA) is 56.0 Å². The summed E-state index contributed by atoms with van der Waals surface area (Å²) in [5, 5.41) is 3.38. The minimum atomic E-state index is -0.385. The van der Waals surface area contributed by atoms with Gasteiger partial charge in [-0.25, -0.2) is 0 Å². The standard InChI is InChI=1S/C16H11N3O2/c20-15-13(18-8-3-4-9-18)14(16(21)17-15)19-10-7-11-5-1-2-6-12(11)19/h1-10H,(H,17,20,21). The van der Waals surface area contributed by atoms with Gasteiger partial charge in [0.2, 0.25) is 0 Å². The van der Waals surface area contributed by atoms with Gasteiger partial charge in [0.15, 0.2) is 0 Å². The minimum Gasteiger partial charge on any atom is -0.317 e. The van der Waals surface area contributed by atoms with Crippen molar-refractivity contribution in [3.05, 3.63) is 61.1 Å². The molecule has 0 unspecified atom stereocenters. The molecule has 0 radical (unpaired) electrons. The fourth-order valence-electron chi connectivity index (χ4n) is 2.66. The van der Waals surface area contributed by atoms with Crippen LogP contribution in [-0.2, 0) is 9.59 Å². The van der Waals surface area contributed by atoms with Gasteiger partial charge in [0.1, 0.15) is 11.4 Å². The maximum Gasteiger partial charge on any atom is 0.277 e. The Morgan fingerprint density at radius 2 is 1.48 bits per heavy atom. The van der Waals surface area contributed by atoms with Crippen LogP contribution in [0.15, 0.2) is 61.1 Å². The highest BCUT2D eigenvalue weighted by Crippen LogP contribution is 2.27. The Kier molecular flexibility index (Phi) is 2.35. The van der Waals surface area contributed by atoms with Gasteiger partial charge in [-0.3, -0.25) is 14.9 Å². The van der Waals surface area contributed by atoms with Gasteiger partial charge in [-0.2, -0.15) is 0 Å². The van der Waals surface area contributed by atoms with Gasteiger partial charge in [0.05, 0.1) is 5.52 Å². The molecule has 5 heteroatoms. The van der Waals surface area contributed by atoms with Gasteiger partial charge >= 0.3 is 0 Å². The Morgan fingerprint density at radius 3 is 2.29 bits per heavy atom. The van der Waals surface area contributed by atoms with Gasteiger partial charge in [-0.1, -0.05) is 18.2 Å². The van der Waals surface area contributed by atoms with E-state index in [9.17, 15) is 9.59 Å². The number of imide groups is 1. The molecular formula is C16H11N3O2. The molecule has 4 rings (SSSR count). The molecule has 102 valence electrons. The lowest BCUT2D eigenvalue weighted by Gasteiger charge is -2.07. The number of amides is 2. The van der Waals surface area contributed by atoms with E-state index >= 15 is 0 Å². The Hall–Kier alpha value is -3.08. The first-order chi connectivity index (χ1) is 10.3. The van der Waals surface area contributed by atoms with Crippen LogP contribution in [0.3, 0.4) is 0 Å². The highest BCUT2D eigenvalue weighted by Gasteiger charge is 2.33. The molecule has 3 aromatic rings. The van der Waals surface area contributed by atoms with Gasteiger partial charge in [0, 0.05) is 18.6 Å². The number of nitrogens with one attached hydrogen (secondary N) is 1. The Morgan fingerprint density at radius 1 is 0.762 bits per heavy atom. The number of hydrogen-bond acceptors (Lipinski definition) is 2. The smallest absolute Gasteiger partial charge is 0.277 e. The average Bonchev–Trinajstić information content (AvgIpc) is 3.17. The summed E-state index contributed by atoms with van der Waals surface area (Å²) < 4.78 is 3.41. The van der Waals surface area contributed by atoms with Crippen molar-refractivity contribution >= 4 is 34.1 Å². The highest BCUT2D eigenvalue weighted by molar-refractivity contribution is 6.44. The third-order valence-corrected chi connectivity index (χ3v) is 3.58. The second kappa shape index (κ2) is 4.21. The van der Waals surface area contributed by atoms with Crippen molar-refractivity contribution in [2.75, 3.05) is 0 Å². The number of benzene rings is 1. The normalized spacial score (nSPS) is 15.0. The van der Waals surface area contributed by atoms with Crippen molar-refractivity contribution in [3.8, 4) is 0 Å². The first-order valence-electron chi connectivity index (χ1n) is 6.55. The summed E-state index contributed by atoms with van der Waals surface area (Å²) in [4.78, 5) is 24.3. The average molecular weight is 277 g/mol. The molecule has 1 aromatic carbocycles. The van der Waals surface area contributed by atoms with Crippen molar-refractivity contribution in [2.24, 2.45) is 0 Å². The number of nitrogens with zero attached hydrogens (tertiary/aromatic N) is 2. The molecular weight excluding hydrogens is 266 g/mol. The summed E-state index contributed by atoms with van der Waals surface area (Å²) in [5.74, 6) is -0.769. The Balaban J connectivity index is 2.04. The molecule has 3 heterocycles. The summed E-state index contributed by atoms with van der Waals surface area (Å²) >= 11 is 0. The van der Waals surface area contributed by atoms with Crippen LogP contribution in [0.25, 0.3) is 22.3 Å². The molecule has 0 saturated heterocycles. The molecule has 0 saturated carbocycles. The van der Waals surface area contributed by atoms with E-state index in [2.05, 4.69) is 5.32 Å². The zero-order valence-corrected chi connectivity index (χ0v) is 11.0. The quantitative estimate of drug-likeness (QED) is 0.728. The molecule has 1 aliphatic heterocycles. The van der Waals surface area contributed by atoms with Crippen molar-refractivity contribution in [1.82, 2.24) is 14.5 Å². The van der Waals surface area contributed by atoms with E-state index in [1.165, 1.54) is 0 Å². The van der Waals surface area contributed by atoms with Crippen molar-refractivity contribution in [2.45, 2.75) is 0 Å². The predicted molar refractivity (Wildman–Crippen MR) is 78.9 cm³/mol. The molecule has 1 aliphatic rings. The van der Waals surface area contributed by atoms with Gasteiger partial charge < -0.3 is 9.13 Å². The van der Waals surface area contributed by atoms with E-state index in [1.54, 1.807) is 21.5 Å². The summed E-state index contributed by atoms with van der Waals surface area (Å²) in [7, 11) is 0. The molecule has 0 spiro atoms. The number of carbonyl (C=O) groups is 2. The molecule has 0 atom stereocenters. The second-order valence-corrected chi connectivity index (χ2v) is 4.82. The van der Waals surface area contributed by atoms with Gasteiger partial charge in [-0.05, 0) is 29.7 Å². The van der Waals surface area contributed by atoms with Crippen LogP contribution in [0.4, 0.5) is 0 Å². The van der Waals surface area contributed by atoms with Crippen molar-refractivity contribution in [1.29, 1.82) is 0 Å². The molecule has 0 aliphatic carbocycles. The summed E-state index contributed by atoms with van der Waals surface area (Å²) in [5.41, 5.74) is 1.57. The predicted octanol–water partition coefficient (Wildman–Crippen LogP) is 1.92. The molecule has 1 N–H and O–H groups in total. The van der Waals surface area contributed by atoms with E-state index in [0.717, 1.165) is 10.9 Å². The lowest BCUT2D eigenvalue weighted by atomic mass is 10.2. The fourth-order valence-corrected chi connectivity index (χ4v) is 2.66. The number of fused-ring (bicyclic) bond motifs is 1. The van der Waals surface area contributed by atoms with Crippen LogP contribution in [-0.4, -0.2) is 20.9 Å². The first-order valence-corrected chi connectivity index (χ1v) is 6.55. The lowest BCUT2D eigenvalue weighted by Crippen LogP contribution is -2.24. The van der Waals surface area contributed by atoms with Crippen molar-refractivity contribution in [3.63, 3.8) is 0 Å². The maximum absolute atomic E-state index is 12.2. The molecule has 5 nitrogen and oxygen atoms in total. The third kappa shape index (κ3) is 1.64. The van der Waals surface area contributed by atoms with Crippen LogP contribution in [0, 0.1) is 0 Å². The van der Waals surface area contributed by atoms with Crippen LogP contribution in [0.2, 0.25) is 0 Å². The molecule has 0 fully saturated rings. The van der Waals surface area contributed by atoms with E-state index in [1.807, 2.05) is 48.7 Å². The summed E-state index contributed by atoms with van der Waals surface area (Å²) in [6.07, 6.45) is 5.31. The van der Waals surface area contributed by atoms with E-state index in [-0.39, 0.29) is 11.8 Å². The highest BCUT2D eigenvalue weighted by atomic mass is 16.2. The molecule has 21 heavy (non-hydrogen) atoms. The number of rotatable bonds is 2. The third-order valence-electron chi connectivity index (χ3n) is 3.58. The van der Waals surface area contributed by atoms with Gasteiger partial charge in [-0.15, -0.1) is 0 Å². The SMILES string of the molecule is O=C1NC(=O)C(n2ccc3ccccc32)=C1n1cccc1. The molecule has 2 aromatic heterocycles. The first kappa shape index (κ1) is 11.7. The monoisotopic (exact) mass is 277 g/mol. The van der Waals surface area contributed by atoms with Crippen LogP contribution >= 0.6 is 0 Å². The molecule has 0 bridgehead atoms. The van der Waals surface area contributed by atoms with Crippen molar-refractivity contribution < 1.29 is 9.59 Å². The fraction of sp³-hybridized carbons (Fsp3) is 0. The van der Waals surface area contributed by atoms with Crippen LogP contribution < -0.4 is 5.32 Å². The Bertz CT molecular complexity index is 901. The zero-order chi connectivity index (χ0) is 14.4. The van der Waals surface area contributed by atoms with Crippen LogP contribution in [0.5, 0.6) is 0 Å². The largest absolute Gasteiger partial charge is 0.317 e. The number of para-hydroxylation sites is 1. The lowest BCUT2D eigenvalue weighted by molar-refractivity contribution is -0.123. The number of aromatic nitrogens is 2. The zero-order valence-electron chi connectivity index (χ0n) is 11.0. The van der Waals surface area contributed by atoms with Gasteiger partial charge in [0.25, 0.3) is 11.8 Å². The number of carbonyl (C=O) groups excluding carboxylic acids is 2. The summed E-state index contributed by atoms with van der Waals surface area (Å²) in [6, 6.07) is 13.3. The van der Waals surface area contributed by atoms with E-state index < -0.39 is 0 Å². The van der Waals surface area contributed by atoms with E-state index in [4.69, 9.17) is 0 Å². The summed E-state index contributed by atoms with van der Waals surface area (Å²) in [6.45, 7) is 0. The second-order valence-electron chi connectivity index (χ2n) is 4.82. The van der Waals surface area contributed by atoms with Crippen LogP contribution in [0.1, 0.15) is 0 Å². The molecule has 2 amide bonds.